The Labute approximate surface area is 311 Å². The van der Waals surface area contributed by atoms with E-state index in [0.717, 1.165) is 43.4 Å². The molecule has 0 saturated carbocycles. The van der Waals surface area contributed by atoms with Crippen molar-refractivity contribution in [3.8, 4) is 0 Å². The predicted octanol–water partition coefficient (Wildman–Crippen LogP) is 9.22. The molecule has 0 rings (SSSR count). The second kappa shape index (κ2) is 22.0. The van der Waals surface area contributed by atoms with E-state index in [2.05, 4.69) is 91.7 Å². The van der Waals surface area contributed by atoms with Crippen molar-refractivity contribution in [2.45, 2.75) is 162 Å². The van der Waals surface area contributed by atoms with Crippen molar-refractivity contribution < 1.29 is 43.7 Å². The lowest BCUT2D eigenvalue weighted by molar-refractivity contribution is 0.0710. The summed E-state index contributed by atoms with van der Waals surface area (Å²) in [5.74, 6) is 0. The lowest BCUT2D eigenvalue weighted by atomic mass is 10.5. The molecule has 0 amide bonds. The van der Waals surface area contributed by atoms with Crippen molar-refractivity contribution in [3.05, 3.63) is 0 Å². The van der Waals surface area contributed by atoms with Gasteiger partial charge in [0.1, 0.15) is 0 Å². The van der Waals surface area contributed by atoms with Crippen LogP contribution in [0.2, 0.25) is 122 Å². The van der Waals surface area contributed by atoms with Crippen LogP contribution in [0.15, 0.2) is 0 Å². The van der Waals surface area contributed by atoms with Gasteiger partial charge in [-0.2, -0.15) is 0 Å². The van der Waals surface area contributed by atoms with Crippen molar-refractivity contribution in [2.75, 3.05) is 39.6 Å². The predicted molar refractivity (Wildman–Crippen MR) is 224 cm³/mol. The Balaban J connectivity index is 6.41. The maximum absolute atomic E-state index is 9.25. The maximum atomic E-state index is 9.25. The highest BCUT2D eigenvalue weighted by Gasteiger charge is 2.51. The van der Waals surface area contributed by atoms with Crippen LogP contribution in [0.4, 0.5) is 0 Å². The molecule has 10 nitrogen and oxygen atoms in total. The van der Waals surface area contributed by atoms with Gasteiger partial charge in [-0.3, -0.25) is 0 Å². The lowest BCUT2D eigenvalue weighted by Crippen LogP contribution is -2.62. The molecule has 0 aromatic heterocycles. The molecule has 0 aliphatic heterocycles. The highest BCUT2D eigenvalue weighted by molar-refractivity contribution is 6.92. The van der Waals surface area contributed by atoms with Crippen LogP contribution >= 0.6 is 0 Å². The summed E-state index contributed by atoms with van der Waals surface area (Å²) in [5, 5.41) is 9.25. The van der Waals surface area contributed by atoms with Crippen LogP contribution in [0, 0.1) is 0 Å². The van der Waals surface area contributed by atoms with Gasteiger partial charge >= 0.3 is 43.0 Å². The number of aliphatic hydroxyl groups is 1. The topological polar surface area (TPSA) is 103 Å². The molecule has 0 heterocycles. The van der Waals surface area contributed by atoms with E-state index in [1.807, 2.05) is 20.8 Å². The SMILES string of the molecule is CCO[Si](CCC[Si](C)(O[Si](C)(C)C)O[Si](C)(C)O[Si](C)(CCCOCCO)O[Si](C)(CCC[Si](C)(C)C)O[Si](C)(C)C)(OCC)OCC. The van der Waals surface area contributed by atoms with Crippen molar-refractivity contribution in [3.63, 3.8) is 0 Å². The number of hydrogen-bond donors (Lipinski definition) is 1. The summed E-state index contributed by atoms with van der Waals surface area (Å²) in [4.78, 5) is 0. The van der Waals surface area contributed by atoms with Gasteiger partial charge in [0.15, 0.2) is 16.6 Å². The summed E-state index contributed by atoms with van der Waals surface area (Å²) in [6.07, 6.45) is 2.75. The minimum Gasteiger partial charge on any atom is -0.437 e. The average Bonchev–Trinajstić information content (AvgIpc) is 2.84. The molecule has 3 unspecified atom stereocenters. The van der Waals surface area contributed by atoms with E-state index in [1.165, 1.54) is 6.04 Å². The minimum absolute atomic E-state index is 0.0191. The first-order valence-electron chi connectivity index (χ1n) is 18.8. The third-order valence-electron chi connectivity index (χ3n) is 7.32. The van der Waals surface area contributed by atoms with Crippen LogP contribution in [0.5, 0.6) is 0 Å². The van der Waals surface area contributed by atoms with Gasteiger partial charge in [0.05, 0.1) is 13.2 Å². The summed E-state index contributed by atoms with van der Waals surface area (Å²) in [7, 11) is -18.8. The first kappa shape index (κ1) is 50.3. The zero-order chi connectivity index (χ0) is 38.3. The molecule has 0 fully saturated rings. The molecular weight excluding hydrogens is 757 g/mol. The lowest BCUT2D eigenvalue weighted by Gasteiger charge is -2.45. The van der Waals surface area contributed by atoms with E-state index < -0.39 is 67.8 Å². The zero-order valence-electron chi connectivity index (χ0n) is 35.0. The molecule has 0 aromatic carbocycles. The van der Waals surface area contributed by atoms with E-state index >= 15 is 0 Å². The fourth-order valence-corrected chi connectivity index (χ4v) is 40.3. The average molecular weight is 838 g/mol. The van der Waals surface area contributed by atoms with Crippen molar-refractivity contribution in [1.29, 1.82) is 0 Å². The van der Waals surface area contributed by atoms with Gasteiger partial charge in [0, 0.05) is 40.5 Å². The third-order valence-corrected chi connectivity index (χ3v) is 35.3. The Bertz CT molecular complexity index is 886. The molecule has 0 spiro atoms. The van der Waals surface area contributed by atoms with Gasteiger partial charge in [-0.1, -0.05) is 32.1 Å². The Morgan fingerprint density at radius 1 is 0.429 bits per heavy atom. The molecule has 0 saturated heterocycles. The quantitative estimate of drug-likeness (QED) is 0.0557. The molecule has 0 aromatic rings. The van der Waals surface area contributed by atoms with E-state index in [4.69, 9.17) is 38.6 Å². The van der Waals surface area contributed by atoms with Crippen molar-refractivity contribution in [2.24, 2.45) is 0 Å². The van der Waals surface area contributed by atoms with Crippen molar-refractivity contribution >= 4 is 67.8 Å². The van der Waals surface area contributed by atoms with Gasteiger partial charge in [0.25, 0.3) is 0 Å². The second-order valence-corrected chi connectivity index (χ2v) is 49.2. The summed E-state index contributed by atoms with van der Waals surface area (Å²) in [6.45, 7) is 40.4. The normalized spacial score (nSPS) is 17.5. The van der Waals surface area contributed by atoms with E-state index in [9.17, 15) is 5.11 Å². The van der Waals surface area contributed by atoms with Crippen LogP contribution in [-0.2, 0) is 38.6 Å². The van der Waals surface area contributed by atoms with E-state index in [0.29, 0.717) is 33.0 Å². The molecule has 18 heteroatoms. The third kappa shape index (κ3) is 24.4. The Kier molecular flexibility index (Phi) is 22.6. The van der Waals surface area contributed by atoms with Crippen LogP contribution in [-0.4, -0.2) is 113 Å². The molecule has 296 valence electrons. The molecule has 0 radical (unpaired) electrons. The largest absolute Gasteiger partial charge is 0.500 e. The van der Waals surface area contributed by atoms with Gasteiger partial charge in [-0.25, -0.2) is 0 Å². The van der Waals surface area contributed by atoms with Crippen LogP contribution in [0.25, 0.3) is 0 Å². The summed E-state index contributed by atoms with van der Waals surface area (Å²) < 4.78 is 60.0. The first-order valence-corrected chi connectivity index (χ1v) is 41.6. The highest BCUT2D eigenvalue weighted by atomic mass is 28.5. The molecule has 0 aliphatic carbocycles. The van der Waals surface area contributed by atoms with Crippen LogP contribution < -0.4 is 0 Å². The standard InChI is InChI=1S/C31H80O10Si8/c1-18-34-49(35-19-2,36-20-3)31-23-30-46(15,37-43(7,8)9)39-45(13,14)40-48(17,28-21-25-33-26-24-32)41-47(16,38-44(10,11)12)29-22-27-42(4,5)6/h32H,18-31H2,1-17H3. The van der Waals surface area contributed by atoms with E-state index in [1.54, 1.807) is 0 Å². The number of rotatable bonds is 30. The summed E-state index contributed by atoms with van der Waals surface area (Å²) in [6, 6.07) is 4.51. The first-order chi connectivity index (χ1) is 22.2. The molecule has 0 bridgehead atoms. The minimum atomic E-state index is -2.84. The second-order valence-electron chi connectivity index (χ2n) is 17.2. The highest BCUT2D eigenvalue weighted by Crippen LogP contribution is 2.35. The number of hydrogen-bond acceptors (Lipinski definition) is 10. The van der Waals surface area contributed by atoms with Crippen molar-refractivity contribution in [1.82, 2.24) is 0 Å². The Morgan fingerprint density at radius 3 is 1.20 bits per heavy atom. The molecular formula is C31H80O10Si8. The van der Waals surface area contributed by atoms with E-state index in [-0.39, 0.29) is 6.61 Å². The van der Waals surface area contributed by atoms with Gasteiger partial charge in [0.2, 0.25) is 0 Å². The smallest absolute Gasteiger partial charge is 0.437 e. The van der Waals surface area contributed by atoms with Crippen LogP contribution in [0.3, 0.4) is 0 Å². The van der Waals surface area contributed by atoms with Gasteiger partial charge in [-0.05, 0) is 124 Å². The zero-order valence-corrected chi connectivity index (χ0v) is 43.0. The maximum Gasteiger partial charge on any atom is 0.500 e. The number of aliphatic hydroxyl groups excluding tert-OH is 1. The molecule has 3 atom stereocenters. The molecule has 0 aliphatic rings. The summed E-state index contributed by atoms with van der Waals surface area (Å²) >= 11 is 0. The monoisotopic (exact) mass is 836 g/mol. The molecule has 1 N–H and O–H groups in total. The molecule has 49 heavy (non-hydrogen) atoms. The Morgan fingerprint density at radius 2 is 0.816 bits per heavy atom. The fraction of sp³-hybridized carbons (Fsp3) is 1.00. The van der Waals surface area contributed by atoms with Gasteiger partial charge < -0.3 is 43.7 Å². The van der Waals surface area contributed by atoms with Crippen LogP contribution in [0.1, 0.15) is 40.0 Å². The Hall–Kier alpha value is 1.34. The number of ether oxygens (including phenoxy) is 1. The fourth-order valence-electron chi connectivity index (χ4n) is 6.41. The van der Waals surface area contributed by atoms with Gasteiger partial charge in [-0.15, -0.1) is 0 Å². The summed E-state index contributed by atoms with van der Waals surface area (Å²) in [5.41, 5.74) is 0.